The zero-order valence-corrected chi connectivity index (χ0v) is 18.4. The number of halogens is 4. The van der Waals surface area contributed by atoms with Crippen LogP contribution in [0.3, 0.4) is 0 Å². The topological polar surface area (TPSA) is 101 Å². The van der Waals surface area contributed by atoms with E-state index >= 15 is 0 Å². The van der Waals surface area contributed by atoms with Crippen LogP contribution in [0, 0.1) is 29.3 Å². The molecule has 2 unspecified atom stereocenters. The third-order valence-electron chi connectivity index (χ3n) is 6.09. The van der Waals surface area contributed by atoms with Crippen molar-refractivity contribution in [2.24, 2.45) is 11.8 Å². The Morgan fingerprint density at radius 1 is 1.09 bits per heavy atom. The van der Waals surface area contributed by atoms with E-state index in [1.807, 2.05) is 0 Å². The summed E-state index contributed by atoms with van der Waals surface area (Å²) in [6, 6.07) is 4.72. The second-order valence-corrected chi connectivity index (χ2v) is 10.5. The summed E-state index contributed by atoms with van der Waals surface area (Å²) in [5.41, 5.74) is 0.0699. The molecule has 2 fully saturated rings. The Bertz CT molecular complexity index is 1290. The first-order valence-corrected chi connectivity index (χ1v) is 11.8. The molecule has 33 heavy (non-hydrogen) atoms. The molecule has 0 radical (unpaired) electrons. The molecule has 0 spiro atoms. The van der Waals surface area contributed by atoms with E-state index in [4.69, 9.17) is 16.7 Å². The lowest BCUT2D eigenvalue weighted by molar-refractivity contribution is -0.131. The van der Waals surface area contributed by atoms with Crippen molar-refractivity contribution in [2.75, 3.05) is 5.32 Å². The van der Waals surface area contributed by atoms with Gasteiger partial charge in [-0.1, -0.05) is 17.2 Å². The third-order valence-corrected chi connectivity index (χ3v) is 8.92. The first-order valence-electron chi connectivity index (χ1n) is 9.91. The van der Waals surface area contributed by atoms with Crippen molar-refractivity contribution < 1.29 is 36.3 Å². The number of rotatable bonds is 5. The molecule has 2 aromatic carbocycles. The lowest BCUT2D eigenvalue weighted by Crippen LogP contribution is -2.27. The number of sulfone groups is 1. The summed E-state index contributed by atoms with van der Waals surface area (Å²) in [7, 11) is -4.04. The highest BCUT2D eigenvalue weighted by Gasteiger charge is 2.52. The summed E-state index contributed by atoms with van der Waals surface area (Å²) in [6.45, 7) is 0. The van der Waals surface area contributed by atoms with Crippen molar-refractivity contribution in [1.82, 2.24) is 0 Å². The molecule has 4 rings (SSSR count). The van der Waals surface area contributed by atoms with E-state index in [-0.39, 0.29) is 27.1 Å². The van der Waals surface area contributed by atoms with Crippen LogP contribution in [0.25, 0.3) is 0 Å². The molecule has 0 aromatic heterocycles. The van der Waals surface area contributed by atoms with Crippen molar-refractivity contribution in [3.8, 4) is 0 Å². The number of carbonyl (C=O) groups is 2. The molecule has 6 nitrogen and oxygen atoms in total. The number of hydrogen-bond acceptors (Lipinski definition) is 4. The summed E-state index contributed by atoms with van der Waals surface area (Å²) in [6.07, 6.45) is 2.58. The van der Waals surface area contributed by atoms with Crippen LogP contribution in [0.2, 0.25) is 5.02 Å². The molecule has 0 saturated heterocycles. The smallest absolute Gasteiger partial charge is 0.328 e. The van der Waals surface area contributed by atoms with Crippen LogP contribution >= 0.6 is 11.6 Å². The number of carbonyl (C=O) groups excluding carboxylic acids is 1. The maximum atomic E-state index is 13.5. The van der Waals surface area contributed by atoms with Crippen molar-refractivity contribution >= 4 is 39.0 Å². The van der Waals surface area contributed by atoms with E-state index in [9.17, 15) is 31.2 Å². The highest BCUT2D eigenvalue weighted by atomic mass is 35.5. The molecule has 174 valence electrons. The quantitative estimate of drug-likeness (QED) is 0.463. The molecule has 2 saturated carbocycles. The van der Waals surface area contributed by atoms with Gasteiger partial charge < -0.3 is 10.4 Å². The van der Waals surface area contributed by atoms with Gasteiger partial charge in [0.25, 0.3) is 5.91 Å². The normalized spacial score (nSPS) is 23.2. The van der Waals surface area contributed by atoms with Gasteiger partial charge >= 0.3 is 5.97 Å². The van der Waals surface area contributed by atoms with Gasteiger partial charge in [-0.05, 0) is 49.3 Å². The summed E-state index contributed by atoms with van der Waals surface area (Å²) in [4.78, 5) is 23.4. The summed E-state index contributed by atoms with van der Waals surface area (Å²) >= 11 is 6.16. The Morgan fingerprint density at radius 2 is 1.76 bits per heavy atom. The van der Waals surface area contributed by atoms with E-state index in [1.54, 1.807) is 0 Å². The minimum absolute atomic E-state index is 0.111. The molecule has 1 amide bonds. The largest absolute Gasteiger partial charge is 0.478 e. The van der Waals surface area contributed by atoms with Gasteiger partial charge in [0.2, 0.25) is 0 Å². The van der Waals surface area contributed by atoms with Gasteiger partial charge in [0.1, 0.15) is 0 Å². The number of fused-ring (bicyclic) bond motifs is 2. The lowest BCUT2D eigenvalue weighted by atomic mass is 9.95. The summed E-state index contributed by atoms with van der Waals surface area (Å²) in [5, 5.41) is 10.3. The molecule has 11 heteroatoms. The Hall–Kier alpha value is -2.85. The van der Waals surface area contributed by atoms with Gasteiger partial charge in [0, 0.05) is 29.5 Å². The molecule has 2 bridgehead atoms. The predicted octanol–water partition coefficient (Wildman–Crippen LogP) is 4.59. The summed E-state index contributed by atoms with van der Waals surface area (Å²) < 4.78 is 66.9. The molecular weight excluding hydrogens is 483 g/mol. The average molecular weight is 500 g/mol. The number of amides is 1. The van der Waals surface area contributed by atoms with Crippen molar-refractivity contribution in [3.63, 3.8) is 0 Å². The van der Waals surface area contributed by atoms with E-state index in [0.29, 0.717) is 37.0 Å². The van der Waals surface area contributed by atoms with E-state index < -0.39 is 50.3 Å². The van der Waals surface area contributed by atoms with Crippen LogP contribution in [0.15, 0.2) is 46.9 Å². The highest BCUT2D eigenvalue weighted by molar-refractivity contribution is 7.92. The first-order chi connectivity index (χ1) is 15.5. The number of allylic oxidation sites excluding steroid dienone is 1. The molecule has 2 aliphatic carbocycles. The minimum atomic E-state index is -4.04. The highest BCUT2D eigenvalue weighted by Crippen LogP contribution is 2.53. The fraction of sp³-hybridized carbons (Fsp3) is 0.273. The van der Waals surface area contributed by atoms with Crippen LogP contribution in [0.1, 0.15) is 29.6 Å². The lowest BCUT2D eigenvalue weighted by Gasteiger charge is -2.18. The van der Waals surface area contributed by atoms with Crippen LogP contribution < -0.4 is 5.32 Å². The first kappa shape index (κ1) is 23.3. The minimum Gasteiger partial charge on any atom is -0.478 e. The van der Waals surface area contributed by atoms with Gasteiger partial charge in [0.05, 0.1) is 15.2 Å². The predicted molar refractivity (Wildman–Crippen MR) is 113 cm³/mol. The number of nitrogens with one attached hydrogen (secondary N) is 1. The van der Waals surface area contributed by atoms with Gasteiger partial charge in [-0.3, -0.25) is 4.79 Å². The maximum Gasteiger partial charge on any atom is 0.328 e. The Balaban J connectivity index is 1.65. The second-order valence-electron chi connectivity index (χ2n) is 8.07. The molecule has 0 heterocycles. The number of carboxylic acid groups (broad SMARTS) is 1. The molecule has 2 N–H and O–H groups in total. The zero-order chi connectivity index (χ0) is 24.1. The van der Waals surface area contributed by atoms with Gasteiger partial charge in [0.15, 0.2) is 27.3 Å². The molecule has 0 aliphatic heterocycles. The fourth-order valence-electron chi connectivity index (χ4n) is 4.75. The SMILES string of the molecule is O=C(O)/C=C1\CC2CCC1[C@@H]2S(=O)(=O)c1cc(C(=O)Nc2cc(F)c(F)c(F)c2)ccc1Cl. The van der Waals surface area contributed by atoms with Crippen LogP contribution in [0.5, 0.6) is 0 Å². The van der Waals surface area contributed by atoms with Crippen LogP contribution in [-0.4, -0.2) is 30.7 Å². The van der Waals surface area contributed by atoms with Crippen molar-refractivity contribution in [1.29, 1.82) is 0 Å². The number of hydrogen-bond donors (Lipinski definition) is 2. The molecule has 2 aliphatic rings. The third kappa shape index (κ3) is 4.24. The Labute approximate surface area is 192 Å². The standard InChI is InChI=1S/C22H17ClF3NO5S/c23-15-4-2-11(22(30)27-13-8-16(24)20(26)17(25)9-13)6-18(15)33(31,32)21-10-1-3-14(21)12(5-10)7-19(28)29/h2,4,6-10,14,21H,1,3,5H2,(H,27,30)(H,28,29)/b12-7+/t10?,14?,21-/m1/s1. The van der Waals surface area contributed by atoms with E-state index in [2.05, 4.69) is 5.32 Å². The monoisotopic (exact) mass is 499 g/mol. The zero-order valence-electron chi connectivity index (χ0n) is 16.8. The van der Waals surface area contributed by atoms with Gasteiger partial charge in [-0.2, -0.15) is 0 Å². The number of aliphatic carboxylic acids is 1. The molecular formula is C22H17ClF3NO5S. The average Bonchev–Trinajstić information content (AvgIpc) is 3.30. The maximum absolute atomic E-state index is 13.5. The van der Waals surface area contributed by atoms with Crippen molar-refractivity contribution in [2.45, 2.75) is 29.4 Å². The number of anilines is 1. The Kier molecular flexibility index (Phi) is 6.00. The number of carboxylic acids is 1. The van der Waals surface area contributed by atoms with Gasteiger partial charge in [-0.15, -0.1) is 0 Å². The fourth-order valence-corrected chi connectivity index (χ4v) is 7.60. The van der Waals surface area contributed by atoms with Gasteiger partial charge in [-0.25, -0.2) is 26.4 Å². The van der Waals surface area contributed by atoms with Crippen LogP contribution in [0.4, 0.5) is 18.9 Å². The van der Waals surface area contributed by atoms with E-state index in [1.165, 1.54) is 12.1 Å². The van der Waals surface area contributed by atoms with E-state index in [0.717, 1.165) is 12.1 Å². The van der Waals surface area contributed by atoms with Crippen molar-refractivity contribution in [3.05, 3.63) is 70.0 Å². The summed E-state index contributed by atoms with van der Waals surface area (Å²) in [5.74, 6) is -7.40. The van der Waals surface area contributed by atoms with Crippen LogP contribution in [-0.2, 0) is 14.6 Å². The Morgan fingerprint density at radius 3 is 2.39 bits per heavy atom. The second kappa shape index (κ2) is 8.49. The number of benzene rings is 2. The molecule has 3 atom stereocenters. The molecule has 2 aromatic rings.